The Morgan fingerprint density at radius 2 is 2.00 bits per heavy atom. The van der Waals surface area contributed by atoms with Crippen molar-refractivity contribution in [2.75, 3.05) is 30.3 Å². The Hall–Kier alpha value is -1.71. The Balaban J connectivity index is 2.32. The lowest BCUT2D eigenvalue weighted by atomic mass is 9.91. The second-order valence-electron chi connectivity index (χ2n) is 5.85. The molecule has 110 valence electrons. The number of nitrogens with zero attached hydrogens (tertiary/aromatic N) is 1. The SMILES string of the molecule is CCOC(=O)c1cc(N)ccc1N1C[C@H](C)C[C@H](C)C1. The highest BCUT2D eigenvalue weighted by atomic mass is 16.5. The van der Waals surface area contributed by atoms with Crippen LogP contribution >= 0.6 is 0 Å². The molecular weight excluding hydrogens is 252 g/mol. The molecule has 1 fully saturated rings. The summed E-state index contributed by atoms with van der Waals surface area (Å²) >= 11 is 0. The van der Waals surface area contributed by atoms with Crippen LogP contribution in [0.2, 0.25) is 0 Å². The predicted molar refractivity (Wildman–Crippen MR) is 82.0 cm³/mol. The van der Waals surface area contributed by atoms with Gasteiger partial charge in [-0.2, -0.15) is 0 Å². The van der Waals surface area contributed by atoms with Gasteiger partial charge < -0.3 is 15.4 Å². The summed E-state index contributed by atoms with van der Waals surface area (Å²) in [5.74, 6) is 0.971. The molecule has 1 aliphatic heterocycles. The van der Waals surface area contributed by atoms with Gasteiger partial charge in [-0.05, 0) is 43.4 Å². The number of hydrogen-bond donors (Lipinski definition) is 1. The molecule has 1 aromatic carbocycles. The van der Waals surface area contributed by atoms with Crippen molar-refractivity contribution in [2.45, 2.75) is 27.2 Å². The van der Waals surface area contributed by atoms with E-state index in [1.54, 1.807) is 6.07 Å². The molecule has 20 heavy (non-hydrogen) atoms. The van der Waals surface area contributed by atoms with Crippen LogP contribution in [0.15, 0.2) is 18.2 Å². The van der Waals surface area contributed by atoms with Gasteiger partial charge in [0.25, 0.3) is 0 Å². The number of carbonyl (C=O) groups is 1. The minimum absolute atomic E-state index is 0.291. The van der Waals surface area contributed by atoms with Crippen molar-refractivity contribution in [3.8, 4) is 0 Å². The van der Waals surface area contributed by atoms with Crippen LogP contribution in [0.3, 0.4) is 0 Å². The van der Waals surface area contributed by atoms with E-state index in [0.717, 1.165) is 18.8 Å². The minimum atomic E-state index is -0.291. The summed E-state index contributed by atoms with van der Waals surface area (Å²) in [7, 11) is 0. The van der Waals surface area contributed by atoms with E-state index in [1.165, 1.54) is 6.42 Å². The maximum atomic E-state index is 12.1. The van der Waals surface area contributed by atoms with Gasteiger partial charge in [-0.3, -0.25) is 0 Å². The summed E-state index contributed by atoms with van der Waals surface area (Å²) in [6.07, 6.45) is 1.24. The molecule has 1 saturated heterocycles. The normalized spacial score (nSPS) is 22.6. The quantitative estimate of drug-likeness (QED) is 0.681. The first kappa shape index (κ1) is 14.7. The third-order valence-electron chi connectivity index (χ3n) is 3.73. The van der Waals surface area contributed by atoms with Crippen LogP contribution in [-0.2, 0) is 4.74 Å². The van der Waals surface area contributed by atoms with Crippen molar-refractivity contribution in [3.63, 3.8) is 0 Å². The van der Waals surface area contributed by atoms with Crippen molar-refractivity contribution >= 4 is 17.3 Å². The fourth-order valence-electron chi connectivity index (χ4n) is 3.06. The van der Waals surface area contributed by atoms with E-state index in [1.807, 2.05) is 19.1 Å². The van der Waals surface area contributed by atoms with E-state index in [2.05, 4.69) is 18.7 Å². The molecule has 0 bridgehead atoms. The Morgan fingerprint density at radius 1 is 1.35 bits per heavy atom. The summed E-state index contributed by atoms with van der Waals surface area (Å²) < 4.78 is 5.15. The first-order chi connectivity index (χ1) is 9.51. The highest BCUT2D eigenvalue weighted by Gasteiger charge is 2.25. The second-order valence-corrected chi connectivity index (χ2v) is 5.85. The lowest BCUT2D eigenvalue weighted by molar-refractivity contribution is 0.0527. The number of nitrogens with two attached hydrogens (primary N) is 1. The van der Waals surface area contributed by atoms with E-state index in [4.69, 9.17) is 10.5 Å². The molecule has 0 unspecified atom stereocenters. The number of hydrogen-bond acceptors (Lipinski definition) is 4. The lowest BCUT2D eigenvalue weighted by Crippen LogP contribution is -2.39. The standard InChI is InChI=1S/C16H24N2O2/c1-4-20-16(19)14-8-13(17)5-6-15(14)18-9-11(2)7-12(3)10-18/h5-6,8,11-12H,4,7,9-10,17H2,1-3H3/t11-,12+. The maximum absolute atomic E-state index is 12.1. The van der Waals surface area contributed by atoms with Gasteiger partial charge in [-0.1, -0.05) is 13.8 Å². The molecule has 1 aromatic rings. The zero-order chi connectivity index (χ0) is 14.7. The number of nitrogen functional groups attached to an aromatic ring is 1. The number of anilines is 2. The number of benzene rings is 1. The van der Waals surface area contributed by atoms with Gasteiger partial charge in [-0.25, -0.2) is 4.79 Å². The molecule has 2 atom stereocenters. The Morgan fingerprint density at radius 3 is 2.60 bits per heavy atom. The van der Waals surface area contributed by atoms with Crippen LogP contribution in [0.1, 0.15) is 37.6 Å². The van der Waals surface area contributed by atoms with Crippen LogP contribution < -0.4 is 10.6 Å². The molecule has 0 saturated carbocycles. The Labute approximate surface area is 120 Å². The van der Waals surface area contributed by atoms with Gasteiger partial charge in [-0.15, -0.1) is 0 Å². The molecule has 0 radical (unpaired) electrons. The number of carbonyl (C=O) groups excluding carboxylic acids is 1. The average molecular weight is 276 g/mol. The first-order valence-corrected chi connectivity index (χ1v) is 7.32. The molecule has 0 amide bonds. The summed E-state index contributed by atoms with van der Waals surface area (Å²) in [4.78, 5) is 14.4. The van der Waals surface area contributed by atoms with Crippen molar-refractivity contribution in [2.24, 2.45) is 11.8 Å². The highest BCUT2D eigenvalue weighted by molar-refractivity contribution is 5.97. The van der Waals surface area contributed by atoms with E-state index >= 15 is 0 Å². The van der Waals surface area contributed by atoms with Gasteiger partial charge in [0.1, 0.15) is 0 Å². The van der Waals surface area contributed by atoms with Crippen molar-refractivity contribution in [1.82, 2.24) is 0 Å². The molecule has 0 aromatic heterocycles. The molecule has 0 spiro atoms. The van der Waals surface area contributed by atoms with E-state index in [-0.39, 0.29) is 5.97 Å². The molecule has 1 aliphatic rings. The van der Waals surface area contributed by atoms with Gasteiger partial charge in [0.05, 0.1) is 17.9 Å². The molecule has 2 rings (SSSR count). The van der Waals surface area contributed by atoms with Gasteiger partial charge in [0.2, 0.25) is 0 Å². The Kier molecular flexibility index (Phi) is 4.53. The van der Waals surface area contributed by atoms with Crippen LogP contribution in [0.25, 0.3) is 0 Å². The number of esters is 1. The number of rotatable bonds is 3. The monoisotopic (exact) mass is 276 g/mol. The fraction of sp³-hybridized carbons (Fsp3) is 0.562. The van der Waals surface area contributed by atoms with Crippen LogP contribution in [0, 0.1) is 11.8 Å². The van der Waals surface area contributed by atoms with Gasteiger partial charge in [0.15, 0.2) is 0 Å². The van der Waals surface area contributed by atoms with Crippen molar-refractivity contribution in [1.29, 1.82) is 0 Å². The van der Waals surface area contributed by atoms with Crippen molar-refractivity contribution in [3.05, 3.63) is 23.8 Å². The van der Waals surface area contributed by atoms with Crippen LogP contribution in [0.5, 0.6) is 0 Å². The summed E-state index contributed by atoms with van der Waals surface area (Å²) in [5, 5.41) is 0. The average Bonchev–Trinajstić information content (AvgIpc) is 2.37. The third kappa shape index (κ3) is 3.24. The molecule has 4 heteroatoms. The predicted octanol–water partition coefficient (Wildman–Crippen LogP) is 2.93. The summed E-state index contributed by atoms with van der Waals surface area (Å²) in [6, 6.07) is 5.51. The van der Waals surface area contributed by atoms with Crippen molar-refractivity contribution < 1.29 is 9.53 Å². The Bertz CT molecular complexity index is 477. The minimum Gasteiger partial charge on any atom is -0.462 e. The number of ether oxygens (including phenoxy) is 1. The van der Waals surface area contributed by atoms with Crippen LogP contribution in [0.4, 0.5) is 11.4 Å². The van der Waals surface area contributed by atoms with E-state index in [0.29, 0.717) is 29.7 Å². The molecular formula is C16H24N2O2. The maximum Gasteiger partial charge on any atom is 0.340 e. The van der Waals surface area contributed by atoms with Crippen LogP contribution in [-0.4, -0.2) is 25.7 Å². The molecule has 2 N–H and O–H groups in total. The van der Waals surface area contributed by atoms with Gasteiger partial charge in [0, 0.05) is 18.8 Å². The highest BCUT2D eigenvalue weighted by Crippen LogP contribution is 2.30. The zero-order valence-corrected chi connectivity index (χ0v) is 12.6. The smallest absolute Gasteiger partial charge is 0.340 e. The van der Waals surface area contributed by atoms with E-state index < -0.39 is 0 Å². The fourth-order valence-corrected chi connectivity index (χ4v) is 3.06. The largest absolute Gasteiger partial charge is 0.462 e. The lowest BCUT2D eigenvalue weighted by Gasteiger charge is -2.37. The zero-order valence-electron chi connectivity index (χ0n) is 12.6. The number of piperidine rings is 1. The summed E-state index contributed by atoms with van der Waals surface area (Å²) in [6.45, 7) is 8.64. The third-order valence-corrected chi connectivity index (χ3v) is 3.73. The molecule has 4 nitrogen and oxygen atoms in total. The topological polar surface area (TPSA) is 55.6 Å². The second kappa shape index (κ2) is 6.16. The van der Waals surface area contributed by atoms with E-state index in [9.17, 15) is 4.79 Å². The first-order valence-electron chi connectivity index (χ1n) is 7.32. The molecule has 1 heterocycles. The molecule has 0 aliphatic carbocycles. The summed E-state index contributed by atoms with van der Waals surface area (Å²) in [5.41, 5.74) is 7.93. The van der Waals surface area contributed by atoms with Gasteiger partial charge >= 0.3 is 5.97 Å².